The first kappa shape index (κ1) is 77.9. The molecule has 0 radical (unpaired) electrons. The van der Waals surface area contributed by atoms with E-state index >= 15 is 0 Å². The van der Waals surface area contributed by atoms with E-state index in [9.17, 15) is 14.4 Å². The number of carbonyl (C=O) groups is 3. The van der Waals surface area contributed by atoms with Gasteiger partial charge in [0.1, 0.15) is 13.2 Å². The predicted molar refractivity (Wildman–Crippen MR) is 349 cm³/mol. The lowest BCUT2D eigenvalue weighted by atomic mass is 10.0. The molecule has 472 valence electrons. The molecule has 0 saturated heterocycles. The van der Waals surface area contributed by atoms with Crippen LogP contribution in [0, 0.1) is 0 Å². The van der Waals surface area contributed by atoms with Crippen molar-refractivity contribution in [2.24, 2.45) is 0 Å². The lowest BCUT2D eigenvalue weighted by molar-refractivity contribution is -0.167. The van der Waals surface area contributed by atoms with Crippen LogP contribution >= 0.6 is 0 Å². The van der Waals surface area contributed by atoms with Crippen LogP contribution in [0.2, 0.25) is 0 Å². The lowest BCUT2D eigenvalue weighted by Crippen LogP contribution is -2.30. The van der Waals surface area contributed by atoms with Crippen molar-refractivity contribution < 1.29 is 28.6 Å². The summed E-state index contributed by atoms with van der Waals surface area (Å²) < 4.78 is 17.0. The molecule has 0 aromatic carbocycles. The number of allylic oxidation sites excluding steroid dienone is 4. The van der Waals surface area contributed by atoms with Crippen molar-refractivity contribution in [3.05, 3.63) is 24.3 Å². The fraction of sp³-hybridized carbons (Fsp3) is 0.905. The van der Waals surface area contributed by atoms with Crippen molar-refractivity contribution in [1.82, 2.24) is 0 Å². The van der Waals surface area contributed by atoms with E-state index in [2.05, 4.69) is 45.1 Å². The fourth-order valence-electron chi connectivity index (χ4n) is 11.2. The second kappa shape index (κ2) is 69.4. The highest BCUT2D eigenvalue weighted by molar-refractivity contribution is 5.71. The van der Waals surface area contributed by atoms with Gasteiger partial charge in [0.15, 0.2) is 6.10 Å². The summed E-state index contributed by atoms with van der Waals surface area (Å²) in [6, 6.07) is 0. The molecule has 0 fully saturated rings. The Kier molecular flexibility index (Phi) is 67.6. The SMILES string of the molecule is CCCC/C=C\C/C=C\CCCCCCCC(=O)OCC(COC(=O)CCCCCCCCCCCCCCCCCCCCCCCCCCC)OC(=O)CCCCCCCCCCCCCCCCCCCCCCCCC. The second-order valence-electron chi connectivity index (χ2n) is 24.9. The van der Waals surface area contributed by atoms with E-state index in [1.165, 1.54) is 295 Å². The van der Waals surface area contributed by atoms with Gasteiger partial charge in [-0.05, 0) is 44.9 Å². The highest BCUT2D eigenvalue weighted by Gasteiger charge is 2.19. The summed E-state index contributed by atoms with van der Waals surface area (Å²) in [4.78, 5) is 38.4. The largest absolute Gasteiger partial charge is 0.462 e. The summed E-state index contributed by atoms with van der Waals surface area (Å²) in [5.41, 5.74) is 0. The Balaban J connectivity index is 4.22. The van der Waals surface area contributed by atoms with Gasteiger partial charge in [0.25, 0.3) is 0 Å². The van der Waals surface area contributed by atoms with Crippen LogP contribution in [0.4, 0.5) is 0 Å². The maximum absolute atomic E-state index is 13.0. The molecule has 0 bridgehead atoms. The minimum atomic E-state index is -0.774. The van der Waals surface area contributed by atoms with E-state index in [-0.39, 0.29) is 31.1 Å². The molecule has 0 heterocycles. The van der Waals surface area contributed by atoms with Gasteiger partial charge in [0, 0.05) is 19.3 Å². The fourth-order valence-corrected chi connectivity index (χ4v) is 11.2. The van der Waals surface area contributed by atoms with Gasteiger partial charge in [0.05, 0.1) is 0 Å². The summed E-state index contributed by atoms with van der Waals surface area (Å²) >= 11 is 0. The van der Waals surface area contributed by atoms with E-state index < -0.39 is 6.10 Å². The third-order valence-electron chi connectivity index (χ3n) is 16.7. The topological polar surface area (TPSA) is 78.9 Å². The van der Waals surface area contributed by atoms with Crippen molar-refractivity contribution in [3.8, 4) is 0 Å². The summed E-state index contributed by atoms with van der Waals surface area (Å²) in [7, 11) is 0. The maximum atomic E-state index is 13.0. The lowest BCUT2D eigenvalue weighted by Gasteiger charge is -2.18. The first-order chi connectivity index (χ1) is 39.5. The average molecular weight is 1130 g/mol. The van der Waals surface area contributed by atoms with E-state index in [0.29, 0.717) is 19.3 Å². The van der Waals surface area contributed by atoms with Crippen molar-refractivity contribution in [2.45, 2.75) is 419 Å². The minimum absolute atomic E-state index is 0.0692. The average Bonchev–Trinajstić information content (AvgIpc) is 3.46. The first-order valence-electron chi connectivity index (χ1n) is 36.3. The Morgan fingerprint density at radius 2 is 0.463 bits per heavy atom. The monoisotopic (exact) mass is 1130 g/mol. The van der Waals surface area contributed by atoms with Crippen molar-refractivity contribution in [2.75, 3.05) is 13.2 Å². The summed E-state index contributed by atoms with van der Waals surface area (Å²) in [6.07, 6.45) is 85.1. The third kappa shape index (κ3) is 66.7. The quantitative estimate of drug-likeness (QED) is 0.0261. The number of ether oxygens (including phenoxy) is 3. The normalized spacial score (nSPS) is 12.1. The number of carbonyl (C=O) groups excluding carboxylic acids is 3. The van der Waals surface area contributed by atoms with Gasteiger partial charge in [-0.15, -0.1) is 0 Å². The van der Waals surface area contributed by atoms with Gasteiger partial charge in [-0.25, -0.2) is 0 Å². The van der Waals surface area contributed by atoms with Crippen LogP contribution in [-0.2, 0) is 28.6 Å². The zero-order valence-electron chi connectivity index (χ0n) is 54.4. The molecule has 0 aromatic rings. The van der Waals surface area contributed by atoms with Gasteiger partial charge >= 0.3 is 17.9 Å². The molecule has 0 amide bonds. The minimum Gasteiger partial charge on any atom is -0.462 e. The molecule has 80 heavy (non-hydrogen) atoms. The number of hydrogen-bond donors (Lipinski definition) is 0. The van der Waals surface area contributed by atoms with Crippen LogP contribution in [0.15, 0.2) is 24.3 Å². The Morgan fingerprint density at radius 3 is 0.725 bits per heavy atom. The molecule has 0 N–H and O–H groups in total. The summed E-state index contributed by atoms with van der Waals surface area (Å²) in [5, 5.41) is 0. The highest BCUT2D eigenvalue weighted by Crippen LogP contribution is 2.19. The van der Waals surface area contributed by atoms with Crippen LogP contribution in [0.5, 0.6) is 0 Å². The summed E-state index contributed by atoms with van der Waals surface area (Å²) in [6.45, 7) is 6.68. The Labute approximate surface area is 500 Å². The van der Waals surface area contributed by atoms with Crippen LogP contribution in [-0.4, -0.2) is 37.2 Å². The molecular formula is C74H140O6. The smallest absolute Gasteiger partial charge is 0.306 e. The summed E-state index contributed by atoms with van der Waals surface area (Å²) in [5.74, 6) is -0.849. The van der Waals surface area contributed by atoms with Gasteiger partial charge in [-0.1, -0.05) is 373 Å². The molecule has 0 rings (SSSR count). The van der Waals surface area contributed by atoms with Crippen LogP contribution in [0.3, 0.4) is 0 Å². The van der Waals surface area contributed by atoms with Gasteiger partial charge in [0.2, 0.25) is 0 Å². The molecule has 0 spiro atoms. The Morgan fingerprint density at radius 1 is 0.250 bits per heavy atom. The molecule has 6 heteroatoms. The van der Waals surface area contributed by atoms with Gasteiger partial charge in [-0.3, -0.25) is 14.4 Å². The van der Waals surface area contributed by atoms with Crippen LogP contribution < -0.4 is 0 Å². The number of rotatable bonds is 68. The molecule has 1 unspecified atom stereocenters. The van der Waals surface area contributed by atoms with Crippen LogP contribution in [0.25, 0.3) is 0 Å². The first-order valence-corrected chi connectivity index (χ1v) is 36.3. The number of hydrogen-bond acceptors (Lipinski definition) is 6. The standard InChI is InChI=1S/C74H140O6/c1-4-7-10-13-16-19-22-25-28-30-32-34-36-37-39-40-42-44-46-49-52-55-58-61-64-67-73(76)79-70-71(69-78-72(75)66-63-60-57-54-51-48-27-24-21-18-15-12-9-6-3)80-74(77)68-65-62-59-56-53-50-47-45-43-41-38-35-33-31-29-26-23-20-17-14-11-8-5-2/h15,18,24,27,71H,4-14,16-17,19-23,25-26,28-70H2,1-3H3/b18-15-,27-24-. The van der Waals surface area contributed by atoms with Gasteiger partial charge < -0.3 is 14.2 Å². The molecule has 0 saturated carbocycles. The molecular weight excluding hydrogens is 985 g/mol. The molecule has 0 aliphatic rings. The zero-order valence-corrected chi connectivity index (χ0v) is 54.4. The van der Waals surface area contributed by atoms with E-state index in [0.717, 1.165) is 77.0 Å². The molecule has 0 aromatic heterocycles. The van der Waals surface area contributed by atoms with E-state index in [4.69, 9.17) is 14.2 Å². The second-order valence-corrected chi connectivity index (χ2v) is 24.9. The van der Waals surface area contributed by atoms with Crippen LogP contribution in [0.1, 0.15) is 412 Å². The molecule has 1 atom stereocenters. The van der Waals surface area contributed by atoms with Crippen molar-refractivity contribution >= 4 is 17.9 Å². The van der Waals surface area contributed by atoms with E-state index in [1.54, 1.807) is 0 Å². The zero-order chi connectivity index (χ0) is 57.8. The van der Waals surface area contributed by atoms with E-state index in [1.807, 2.05) is 0 Å². The number of unbranched alkanes of at least 4 members (excludes halogenated alkanes) is 53. The van der Waals surface area contributed by atoms with Gasteiger partial charge in [-0.2, -0.15) is 0 Å². The Bertz CT molecular complexity index is 1290. The molecule has 0 aliphatic carbocycles. The number of esters is 3. The molecule has 6 nitrogen and oxygen atoms in total. The van der Waals surface area contributed by atoms with Crippen molar-refractivity contribution in [3.63, 3.8) is 0 Å². The Hall–Kier alpha value is -2.11. The third-order valence-corrected chi connectivity index (χ3v) is 16.7. The highest BCUT2D eigenvalue weighted by atomic mass is 16.6. The predicted octanol–water partition coefficient (Wildman–Crippen LogP) is 25.0. The van der Waals surface area contributed by atoms with Crippen molar-refractivity contribution in [1.29, 1.82) is 0 Å². The maximum Gasteiger partial charge on any atom is 0.306 e. The molecule has 0 aliphatic heterocycles.